The molecular weight excluding hydrogens is 713 g/mol. The highest BCUT2D eigenvalue weighted by molar-refractivity contribution is 7.93. The van der Waals surface area contributed by atoms with Crippen LogP contribution in [0.4, 0.5) is 27.6 Å². The zero-order valence-corrected chi connectivity index (χ0v) is 29.3. The summed E-state index contributed by atoms with van der Waals surface area (Å²) in [4.78, 5) is 22.5. The molecule has 0 spiro atoms. The normalized spacial score (nSPS) is 22.4. The van der Waals surface area contributed by atoms with Crippen LogP contribution in [0.2, 0.25) is 5.02 Å². The summed E-state index contributed by atoms with van der Waals surface area (Å²) in [7, 11) is -5.94. The van der Waals surface area contributed by atoms with Gasteiger partial charge in [-0.1, -0.05) is 35.9 Å². The molecule has 3 aliphatic heterocycles. The Labute approximate surface area is 297 Å². The Balaban J connectivity index is 1.08. The molecule has 3 fully saturated rings. The van der Waals surface area contributed by atoms with Crippen LogP contribution >= 0.6 is 11.6 Å². The van der Waals surface area contributed by atoms with Gasteiger partial charge in [-0.05, 0) is 106 Å². The topological polar surface area (TPSA) is 87.5 Å². The van der Waals surface area contributed by atoms with E-state index in [4.69, 9.17) is 16.6 Å². The molecule has 0 unspecified atom stereocenters. The summed E-state index contributed by atoms with van der Waals surface area (Å²) in [6.07, 6.45) is 5.88. The molecule has 3 atom stereocenters. The van der Waals surface area contributed by atoms with Crippen LogP contribution in [0.25, 0.3) is 11.0 Å². The standard InChI is InChI=1S/C36H37ClF5N5O3S/c1-22-43-31-7-2-3-8-33(31)47(22)27-18-25-9-10-26(19-27)46(25)16-13-35(23-5-4-6-24(38)17-23)11-14-45(15-12-35)34(48)28-20-32(30(39)21-29(28)37)44-51(49,50)36(40,41)42/h2-8,17,20-21,25-27,44H,9-16,18-19H2,1H3/t25-,26+,27+. The predicted molar refractivity (Wildman–Crippen MR) is 184 cm³/mol. The fraction of sp³-hybridized carbons (Fsp3) is 0.444. The van der Waals surface area contributed by atoms with Crippen molar-refractivity contribution in [2.75, 3.05) is 24.4 Å². The van der Waals surface area contributed by atoms with Crippen molar-refractivity contribution >= 4 is 44.3 Å². The summed E-state index contributed by atoms with van der Waals surface area (Å²) in [6, 6.07) is 17.2. The van der Waals surface area contributed by atoms with Gasteiger partial charge in [0.1, 0.15) is 17.5 Å². The Morgan fingerprint density at radius 1 is 0.980 bits per heavy atom. The lowest BCUT2D eigenvalue weighted by atomic mass is 9.70. The smallest absolute Gasteiger partial charge is 0.339 e. The number of benzene rings is 3. The monoisotopic (exact) mass is 749 g/mol. The molecule has 0 radical (unpaired) electrons. The number of rotatable bonds is 8. The molecule has 3 aromatic carbocycles. The average Bonchev–Trinajstić information content (AvgIpc) is 3.54. The molecule has 0 aliphatic carbocycles. The van der Waals surface area contributed by atoms with Crippen molar-refractivity contribution in [1.29, 1.82) is 0 Å². The predicted octanol–water partition coefficient (Wildman–Crippen LogP) is 7.97. The molecule has 51 heavy (non-hydrogen) atoms. The second kappa shape index (κ2) is 13.3. The number of aromatic nitrogens is 2. The second-order valence-corrected chi connectivity index (χ2v) is 16.0. The molecule has 7 rings (SSSR count). The first kappa shape index (κ1) is 35.6. The van der Waals surface area contributed by atoms with Crippen LogP contribution in [0.1, 0.15) is 72.7 Å². The maximum absolute atomic E-state index is 14.6. The number of carbonyl (C=O) groups excluding carboxylic acids is 1. The fourth-order valence-electron chi connectivity index (χ4n) is 8.59. The van der Waals surface area contributed by atoms with E-state index in [1.165, 1.54) is 15.7 Å². The third-order valence-electron chi connectivity index (χ3n) is 11.1. The van der Waals surface area contributed by atoms with Crippen molar-refractivity contribution in [2.45, 2.75) is 80.9 Å². The van der Waals surface area contributed by atoms with Crippen molar-refractivity contribution in [3.8, 4) is 0 Å². The average molecular weight is 750 g/mol. The lowest BCUT2D eigenvalue weighted by Crippen LogP contribution is -2.49. The molecule has 4 heterocycles. The zero-order valence-electron chi connectivity index (χ0n) is 27.8. The van der Waals surface area contributed by atoms with Crippen molar-refractivity contribution in [3.05, 3.63) is 94.3 Å². The Morgan fingerprint density at radius 2 is 1.67 bits per heavy atom. The van der Waals surface area contributed by atoms with Gasteiger partial charge in [0.15, 0.2) is 0 Å². The first-order valence-electron chi connectivity index (χ1n) is 17.0. The van der Waals surface area contributed by atoms with E-state index in [0.717, 1.165) is 61.1 Å². The number of piperidine rings is 2. The van der Waals surface area contributed by atoms with E-state index in [0.29, 0.717) is 43.1 Å². The van der Waals surface area contributed by atoms with E-state index in [9.17, 15) is 35.2 Å². The number of alkyl halides is 3. The summed E-state index contributed by atoms with van der Waals surface area (Å²) in [6.45, 7) is 3.29. The third-order valence-corrected chi connectivity index (χ3v) is 12.5. The van der Waals surface area contributed by atoms with Gasteiger partial charge in [-0.2, -0.15) is 21.6 Å². The van der Waals surface area contributed by atoms with E-state index in [-0.39, 0.29) is 29.5 Å². The molecule has 272 valence electrons. The number of hydrogen-bond donors (Lipinski definition) is 1. The maximum atomic E-state index is 14.6. The van der Waals surface area contributed by atoms with Gasteiger partial charge < -0.3 is 9.47 Å². The minimum absolute atomic E-state index is 0.217. The number of halogens is 6. The molecule has 2 bridgehead atoms. The molecule has 3 aliphatic rings. The number of hydrogen-bond acceptors (Lipinski definition) is 5. The van der Waals surface area contributed by atoms with Crippen LogP contribution in [-0.4, -0.2) is 70.9 Å². The maximum Gasteiger partial charge on any atom is 0.516 e. The van der Waals surface area contributed by atoms with Gasteiger partial charge in [0.25, 0.3) is 5.91 Å². The van der Waals surface area contributed by atoms with Crippen molar-refractivity contribution in [3.63, 3.8) is 0 Å². The molecule has 4 aromatic rings. The summed E-state index contributed by atoms with van der Waals surface area (Å²) in [5, 5.41) is -0.368. The van der Waals surface area contributed by atoms with E-state index < -0.39 is 38.4 Å². The van der Waals surface area contributed by atoms with Gasteiger partial charge in [0.05, 0.1) is 27.3 Å². The number of para-hydroxylation sites is 2. The van der Waals surface area contributed by atoms with Crippen LogP contribution in [0.3, 0.4) is 0 Å². The van der Waals surface area contributed by atoms with E-state index in [2.05, 4.69) is 22.5 Å². The molecule has 3 saturated heterocycles. The van der Waals surface area contributed by atoms with Gasteiger partial charge in [0.2, 0.25) is 0 Å². The van der Waals surface area contributed by atoms with Gasteiger partial charge in [0, 0.05) is 31.2 Å². The van der Waals surface area contributed by atoms with Crippen LogP contribution in [0, 0.1) is 18.6 Å². The molecule has 1 N–H and O–H groups in total. The van der Waals surface area contributed by atoms with Crippen molar-refractivity contribution < 1.29 is 35.2 Å². The number of fused-ring (bicyclic) bond motifs is 3. The van der Waals surface area contributed by atoms with E-state index in [1.54, 1.807) is 12.1 Å². The minimum Gasteiger partial charge on any atom is -0.339 e. The summed E-state index contributed by atoms with van der Waals surface area (Å²) >= 11 is 6.16. The van der Waals surface area contributed by atoms with Crippen LogP contribution in [0.5, 0.6) is 0 Å². The highest BCUT2D eigenvalue weighted by Gasteiger charge is 2.47. The van der Waals surface area contributed by atoms with Gasteiger partial charge in [-0.15, -0.1) is 0 Å². The molecule has 1 aromatic heterocycles. The molecular formula is C36H37ClF5N5O3S. The highest BCUT2D eigenvalue weighted by atomic mass is 35.5. The fourth-order valence-corrected chi connectivity index (χ4v) is 9.39. The van der Waals surface area contributed by atoms with Crippen molar-refractivity contribution in [1.82, 2.24) is 19.4 Å². The Morgan fingerprint density at radius 3 is 2.33 bits per heavy atom. The minimum atomic E-state index is -5.94. The highest BCUT2D eigenvalue weighted by Crippen LogP contribution is 2.45. The van der Waals surface area contributed by atoms with Crippen LogP contribution in [0.15, 0.2) is 60.7 Å². The lowest BCUT2D eigenvalue weighted by molar-refractivity contribution is -0.0429. The number of carbonyl (C=O) groups is 1. The van der Waals surface area contributed by atoms with Gasteiger partial charge in [-0.3, -0.25) is 14.4 Å². The van der Waals surface area contributed by atoms with Gasteiger partial charge >= 0.3 is 15.5 Å². The number of nitrogens with one attached hydrogen (secondary N) is 1. The number of anilines is 1. The number of nitrogens with zero attached hydrogens (tertiary/aromatic N) is 4. The van der Waals surface area contributed by atoms with Crippen LogP contribution < -0.4 is 4.72 Å². The van der Waals surface area contributed by atoms with E-state index in [1.807, 2.05) is 24.3 Å². The Bertz CT molecular complexity index is 2070. The third kappa shape index (κ3) is 6.70. The summed E-state index contributed by atoms with van der Waals surface area (Å²) in [5.74, 6) is -1.38. The number of amides is 1. The van der Waals surface area contributed by atoms with E-state index >= 15 is 0 Å². The van der Waals surface area contributed by atoms with Gasteiger partial charge in [-0.25, -0.2) is 13.8 Å². The summed E-state index contributed by atoms with van der Waals surface area (Å²) < 4.78 is 95.0. The quantitative estimate of drug-likeness (QED) is 0.185. The number of sulfonamides is 1. The largest absolute Gasteiger partial charge is 0.516 e. The molecule has 1 amide bonds. The van der Waals surface area contributed by atoms with Crippen LogP contribution in [-0.2, 0) is 15.4 Å². The lowest BCUT2D eigenvalue weighted by Gasteiger charge is -2.45. The van der Waals surface area contributed by atoms with Crippen molar-refractivity contribution in [2.24, 2.45) is 0 Å². The molecule has 8 nitrogen and oxygen atoms in total. The second-order valence-electron chi connectivity index (χ2n) is 14.0. The first-order chi connectivity index (χ1) is 24.2. The zero-order chi connectivity index (χ0) is 36.3. The Kier molecular flexibility index (Phi) is 9.32. The Hall–Kier alpha value is -3.75. The SMILES string of the molecule is Cc1nc2ccccc2n1[C@H]1C[C@H]2CC[C@@H](C1)N2CCC1(c2cccc(F)c2)CCN(C(=O)c2cc(NS(=O)(=O)C(F)(F)F)c(F)cc2Cl)CC1. The number of aryl methyl sites for hydroxylation is 1. The number of imidazole rings is 1. The first-order valence-corrected chi connectivity index (χ1v) is 18.8. The number of likely N-dealkylation sites (tertiary alicyclic amines) is 1. The molecule has 15 heteroatoms. The summed E-state index contributed by atoms with van der Waals surface area (Å²) in [5.41, 5.74) is -4.55. The molecule has 0 saturated carbocycles.